The molecule has 1 aromatic heterocycles. The number of aromatic nitrogens is 1. The molecular weight excluding hydrogens is 456 g/mol. The van der Waals surface area contributed by atoms with Crippen molar-refractivity contribution in [2.75, 3.05) is 19.6 Å². The number of likely N-dealkylation sites (tertiary alicyclic amines) is 1. The molecule has 1 N–H and O–H groups in total. The van der Waals surface area contributed by atoms with Crippen LogP contribution in [0.1, 0.15) is 36.6 Å². The lowest BCUT2D eigenvalue weighted by Crippen LogP contribution is -2.38. The second kappa shape index (κ2) is 9.60. The van der Waals surface area contributed by atoms with E-state index in [0.717, 1.165) is 35.5 Å². The number of rotatable bonds is 7. The lowest BCUT2D eigenvalue weighted by Gasteiger charge is -2.31. The average molecular weight is 480 g/mol. The van der Waals surface area contributed by atoms with E-state index < -0.39 is 26.6 Å². The number of para-hydroxylation sites is 1. The number of piperidine rings is 1. The predicted octanol–water partition coefficient (Wildman–Crippen LogP) is 4.04. The number of amides is 1. The van der Waals surface area contributed by atoms with E-state index in [0.29, 0.717) is 31.5 Å². The topological polar surface area (TPSA) is 79.4 Å². The largest absolute Gasteiger partial charge is 0.343 e. The first-order valence-electron chi connectivity index (χ1n) is 10.4. The summed E-state index contributed by atoms with van der Waals surface area (Å²) in [6, 6.07) is 10.3. The Bertz CT molecular complexity index is 1190. The lowest BCUT2D eigenvalue weighted by molar-refractivity contribution is -0.132. The highest BCUT2D eigenvalue weighted by Gasteiger charge is 2.26. The summed E-state index contributed by atoms with van der Waals surface area (Å²) in [7, 11) is -4.10. The van der Waals surface area contributed by atoms with Gasteiger partial charge in [-0.15, -0.1) is 11.3 Å². The predicted molar refractivity (Wildman–Crippen MR) is 119 cm³/mol. The minimum Gasteiger partial charge on any atom is -0.343 e. The molecule has 3 aromatic rings. The molecule has 170 valence electrons. The fourth-order valence-electron chi connectivity index (χ4n) is 3.82. The van der Waals surface area contributed by atoms with E-state index in [-0.39, 0.29) is 18.9 Å². The van der Waals surface area contributed by atoms with Crippen molar-refractivity contribution < 1.29 is 22.0 Å². The summed E-state index contributed by atoms with van der Waals surface area (Å²) in [4.78, 5) is 18.4. The van der Waals surface area contributed by atoms with Gasteiger partial charge in [-0.2, -0.15) is 0 Å². The van der Waals surface area contributed by atoms with Gasteiger partial charge in [-0.05, 0) is 43.5 Å². The zero-order chi connectivity index (χ0) is 22.7. The fourth-order valence-corrected chi connectivity index (χ4v) is 6.08. The zero-order valence-electron chi connectivity index (χ0n) is 17.3. The maximum absolute atomic E-state index is 13.7. The van der Waals surface area contributed by atoms with Gasteiger partial charge in [-0.25, -0.2) is 26.9 Å². The highest BCUT2D eigenvalue weighted by molar-refractivity contribution is 7.89. The van der Waals surface area contributed by atoms with E-state index in [1.165, 1.54) is 4.70 Å². The van der Waals surface area contributed by atoms with Gasteiger partial charge < -0.3 is 4.90 Å². The van der Waals surface area contributed by atoms with Gasteiger partial charge in [0.2, 0.25) is 15.9 Å². The third-order valence-corrected chi connectivity index (χ3v) is 8.24. The summed E-state index contributed by atoms with van der Waals surface area (Å²) < 4.78 is 54.5. The first-order chi connectivity index (χ1) is 15.3. The van der Waals surface area contributed by atoms with Gasteiger partial charge in [-0.3, -0.25) is 4.79 Å². The molecule has 1 aliphatic rings. The molecule has 0 aliphatic carbocycles. The Balaban J connectivity index is 1.23. The standard InChI is InChI=1S/C22H23F2N3O3S2/c23-16-7-8-20(17(24)14-16)32(29,30)25-11-3-6-21(28)27-12-9-15(10-13-27)22-26-18-4-1-2-5-19(18)31-22/h1-2,4-5,7-8,14-15,25H,3,6,9-13H2. The number of nitrogens with one attached hydrogen (secondary N) is 1. The third kappa shape index (κ3) is 5.13. The van der Waals surface area contributed by atoms with Gasteiger partial charge in [0.1, 0.15) is 16.5 Å². The van der Waals surface area contributed by atoms with Crippen LogP contribution in [0.2, 0.25) is 0 Å². The summed E-state index contributed by atoms with van der Waals surface area (Å²) in [5, 5.41) is 1.11. The number of hydrogen-bond acceptors (Lipinski definition) is 5. The van der Waals surface area contributed by atoms with Crippen LogP contribution in [0.4, 0.5) is 8.78 Å². The van der Waals surface area contributed by atoms with Crippen molar-refractivity contribution in [2.24, 2.45) is 0 Å². The molecule has 0 bridgehead atoms. The van der Waals surface area contributed by atoms with Crippen LogP contribution in [0.5, 0.6) is 0 Å². The van der Waals surface area contributed by atoms with E-state index in [1.807, 2.05) is 18.2 Å². The van der Waals surface area contributed by atoms with E-state index in [2.05, 4.69) is 10.8 Å². The van der Waals surface area contributed by atoms with Gasteiger partial charge in [0.15, 0.2) is 0 Å². The van der Waals surface area contributed by atoms with E-state index in [4.69, 9.17) is 4.98 Å². The third-order valence-electron chi connectivity index (χ3n) is 5.55. The molecular formula is C22H23F2N3O3S2. The number of thiazole rings is 1. The van der Waals surface area contributed by atoms with Crippen LogP contribution >= 0.6 is 11.3 Å². The number of hydrogen-bond donors (Lipinski definition) is 1. The summed E-state index contributed by atoms with van der Waals surface area (Å²) in [5.41, 5.74) is 1.01. The summed E-state index contributed by atoms with van der Waals surface area (Å²) >= 11 is 1.71. The summed E-state index contributed by atoms with van der Waals surface area (Å²) in [6.07, 6.45) is 2.18. The Morgan fingerprint density at radius 3 is 2.62 bits per heavy atom. The number of halogens is 2. The molecule has 0 unspecified atom stereocenters. The van der Waals surface area contributed by atoms with Crippen molar-refractivity contribution in [1.82, 2.24) is 14.6 Å². The normalized spacial score (nSPS) is 15.4. The molecule has 10 heteroatoms. The number of fused-ring (bicyclic) bond motifs is 1. The fraction of sp³-hybridized carbons (Fsp3) is 0.364. The van der Waals surface area contributed by atoms with Crippen molar-refractivity contribution in [1.29, 1.82) is 0 Å². The minimum atomic E-state index is -4.10. The summed E-state index contributed by atoms with van der Waals surface area (Å²) in [6.45, 7) is 1.28. The number of carbonyl (C=O) groups excluding carboxylic acids is 1. The SMILES string of the molecule is O=C(CCCNS(=O)(=O)c1ccc(F)cc1F)N1CCC(c2nc3ccccc3s2)CC1. The Hall–Kier alpha value is -2.43. The molecule has 2 aromatic carbocycles. The number of nitrogens with zero attached hydrogens (tertiary/aromatic N) is 2. The molecule has 4 rings (SSSR count). The molecule has 0 saturated carbocycles. The number of carbonyl (C=O) groups is 1. The van der Waals surface area contributed by atoms with Crippen LogP contribution in [0, 0.1) is 11.6 Å². The first kappa shape index (κ1) is 22.8. The van der Waals surface area contributed by atoms with Crippen LogP contribution in [0.15, 0.2) is 47.4 Å². The molecule has 1 fully saturated rings. The summed E-state index contributed by atoms with van der Waals surface area (Å²) in [5.74, 6) is -1.68. The first-order valence-corrected chi connectivity index (χ1v) is 12.7. The van der Waals surface area contributed by atoms with Crippen LogP contribution in [0.25, 0.3) is 10.2 Å². The highest BCUT2D eigenvalue weighted by Crippen LogP contribution is 2.33. The number of benzene rings is 2. The number of sulfonamides is 1. The van der Waals surface area contributed by atoms with Gasteiger partial charge >= 0.3 is 0 Å². The molecule has 1 amide bonds. The second-order valence-corrected chi connectivity index (χ2v) is 10.5. The van der Waals surface area contributed by atoms with Crippen LogP contribution < -0.4 is 4.72 Å². The van der Waals surface area contributed by atoms with Crippen molar-refractivity contribution >= 4 is 37.5 Å². The Kier molecular flexibility index (Phi) is 6.82. The average Bonchev–Trinajstić information content (AvgIpc) is 3.21. The van der Waals surface area contributed by atoms with Crippen LogP contribution in [-0.4, -0.2) is 43.8 Å². The van der Waals surface area contributed by atoms with Crippen molar-refractivity contribution in [2.45, 2.75) is 36.5 Å². The molecule has 0 radical (unpaired) electrons. The zero-order valence-corrected chi connectivity index (χ0v) is 18.9. The molecule has 6 nitrogen and oxygen atoms in total. The molecule has 1 aliphatic heterocycles. The van der Waals surface area contributed by atoms with Gasteiger partial charge in [-0.1, -0.05) is 12.1 Å². The van der Waals surface area contributed by atoms with Gasteiger partial charge in [0, 0.05) is 38.0 Å². The van der Waals surface area contributed by atoms with E-state index in [1.54, 1.807) is 16.2 Å². The quantitative estimate of drug-likeness (QED) is 0.519. The van der Waals surface area contributed by atoms with Gasteiger partial charge in [0.25, 0.3) is 0 Å². The van der Waals surface area contributed by atoms with E-state index in [9.17, 15) is 22.0 Å². The Morgan fingerprint density at radius 2 is 1.91 bits per heavy atom. The maximum Gasteiger partial charge on any atom is 0.243 e. The molecule has 0 spiro atoms. The van der Waals surface area contributed by atoms with Crippen LogP contribution in [0.3, 0.4) is 0 Å². The van der Waals surface area contributed by atoms with Crippen LogP contribution in [-0.2, 0) is 14.8 Å². The Morgan fingerprint density at radius 1 is 1.16 bits per heavy atom. The molecule has 1 saturated heterocycles. The maximum atomic E-state index is 13.7. The van der Waals surface area contributed by atoms with Crippen molar-refractivity contribution in [3.05, 3.63) is 59.1 Å². The minimum absolute atomic E-state index is 0.00689. The molecule has 0 atom stereocenters. The Labute approximate surface area is 189 Å². The second-order valence-electron chi connectivity index (χ2n) is 7.75. The van der Waals surface area contributed by atoms with E-state index >= 15 is 0 Å². The monoisotopic (exact) mass is 479 g/mol. The lowest BCUT2D eigenvalue weighted by atomic mass is 9.97. The molecule has 2 heterocycles. The van der Waals surface area contributed by atoms with Gasteiger partial charge in [0.05, 0.1) is 15.2 Å². The van der Waals surface area contributed by atoms with Crippen molar-refractivity contribution in [3.8, 4) is 0 Å². The molecule has 32 heavy (non-hydrogen) atoms. The smallest absolute Gasteiger partial charge is 0.243 e. The van der Waals surface area contributed by atoms with Crippen molar-refractivity contribution in [3.63, 3.8) is 0 Å². The highest BCUT2D eigenvalue weighted by atomic mass is 32.2.